The number of sulfonamides is 1. The van der Waals surface area contributed by atoms with Crippen molar-refractivity contribution in [2.75, 3.05) is 37.0 Å². The highest BCUT2D eigenvalue weighted by molar-refractivity contribution is 7.90. The lowest BCUT2D eigenvalue weighted by Gasteiger charge is -2.38. The Hall–Kier alpha value is -0.930. The molecule has 1 saturated carbocycles. The molecule has 0 spiro atoms. The summed E-state index contributed by atoms with van der Waals surface area (Å²) in [6.07, 6.45) is 3.39. The van der Waals surface area contributed by atoms with Crippen LogP contribution in [0.4, 0.5) is 11.1 Å². The van der Waals surface area contributed by atoms with Crippen LogP contribution in [-0.4, -0.2) is 56.3 Å². The zero-order valence-electron chi connectivity index (χ0n) is 13.9. The fraction of sp³-hybridized carbons (Fsp3) is 0.857. The molecular formula is C14H25N5O2S2. The summed E-state index contributed by atoms with van der Waals surface area (Å²) in [6, 6.07) is 0.0445. The molecule has 130 valence electrons. The monoisotopic (exact) mass is 359 g/mol. The second kappa shape index (κ2) is 6.52. The number of anilines is 2. The molecule has 3 rings (SSSR count). The van der Waals surface area contributed by atoms with E-state index in [9.17, 15) is 8.42 Å². The van der Waals surface area contributed by atoms with Crippen molar-refractivity contribution >= 4 is 32.6 Å². The van der Waals surface area contributed by atoms with E-state index in [1.807, 2.05) is 19.0 Å². The van der Waals surface area contributed by atoms with E-state index in [1.165, 1.54) is 11.5 Å². The Kier molecular flexibility index (Phi) is 4.80. The van der Waals surface area contributed by atoms with Crippen molar-refractivity contribution in [1.29, 1.82) is 0 Å². The lowest BCUT2D eigenvalue weighted by Crippen LogP contribution is -2.51. The zero-order valence-corrected chi connectivity index (χ0v) is 15.5. The molecule has 9 heteroatoms. The molecule has 23 heavy (non-hydrogen) atoms. The van der Waals surface area contributed by atoms with Gasteiger partial charge in [-0.15, -0.1) is 0 Å². The van der Waals surface area contributed by atoms with E-state index in [1.54, 1.807) is 0 Å². The maximum atomic E-state index is 12.2. The molecule has 7 nitrogen and oxygen atoms in total. The molecule has 2 aliphatic rings. The van der Waals surface area contributed by atoms with Crippen LogP contribution in [0.15, 0.2) is 0 Å². The highest BCUT2D eigenvalue weighted by Gasteiger charge is 2.39. The molecular weight excluding hydrogens is 334 g/mol. The molecule has 2 heterocycles. The summed E-state index contributed by atoms with van der Waals surface area (Å²) in [6.45, 7) is 3.77. The molecule has 0 unspecified atom stereocenters. The molecule has 1 aliphatic heterocycles. The Balaban J connectivity index is 1.66. The Morgan fingerprint density at radius 1 is 1.35 bits per heavy atom. The third-order valence-corrected chi connectivity index (χ3v) is 7.36. The van der Waals surface area contributed by atoms with Gasteiger partial charge in [0.05, 0.1) is 5.25 Å². The predicted molar refractivity (Wildman–Crippen MR) is 93.7 cm³/mol. The molecule has 0 aromatic carbocycles. The van der Waals surface area contributed by atoms with Gasteiger partial charge in [-0.05, 0) is 25.2 Å². The summed E-state index contributed by atoms with van der Waals surface area (Å²) in [5.41, 5.74) is 0. The minimum absolute atomic E-state index is 0.0445. The quantitative estimate of drug-likeness (QED) is 0.825. The topological polar surface area (TPSA) is 78.4 Å². The minimum Gasteiger partial charge on any atom is -0.346 e. The van der Waals surface area contributed by atoms with Crippen molar-refractivity contribution < 1.29 is 8.42 Å². The highest BCUT2D eigenvalue weighted by Crippen LogP contribution is 2.31. The fourth-order valence-electron chi connectivity index (χ4n) is 2.98. The smallest absolute Gasteiger partial charge is 0.238 e. The number of nitrogens with one attached hydrogen (secondary N) is 1. The molecule has 0 radical (unpaired) electrons. The minimum atomic E-state index is -3.12. The van der Waals surface area contributed by atoms with Crippen LogP contribution in [0.5, 0.6) is 0 Å². The van der Waals surface area contributed by atoms with Crippen molar-refractivity contribution in [2.24, 2.45) is 5.92 Å². The van der Waals surface area contributed by atoms with E-state index in [4.69, 9.17) is 0 Å². The van der Waals surface area contributed by atoms with Crippen LogP contribution in [0.1, 0.15) is 32.6 Å². The first-order valence-electron chi connectivity index (χ1n) is 8.18. The normalized spacial score (nSPS) is 25.6. The van der Waals surface area contributed by atoms with Gasteiger partial charge >= 0.3 is 0 Å². The molecule has 1 N–H and O–H groups in total. The van der Waals surface area contributed by atoms with Gasteiger partial charge in [-0.1, -0.05) is 13.3 Å². The lowest BCUT2D eigenvalue weighted by atomic mass is 9.91. The summed E-state index contributed by atoms with van der Waals surface area (Å²) in [5, 5.41) is 0.777. The number of piperidine rings is 1. The third kappa shape index (κ3) is 3.77. The predicted octanol–water partition coefficient (Wildman–Crippen LogP) is 1.29. The van der Waals surface area contributed by atoms with Crippen LogP contribution >= 0.6 is 11.5 Å². The van der Waals surface area contributed by atoms with E-state index >= 15 is 0 Å². The van der Waals surface area contributed by atoms with Gasteiger partial charge in [0.2, 0.25) is 21.1 Å². The summed E-state index contributed by atoms with van der Waals surface area (Å²) >= 11 is 1.41. The summed E-state index contributed by atoms with van der Waals surface area (Å²) in [4.78, 5) is 8.69. The van der Waals surface area contributed by atoms with Gasteiger partial charge < -0.3 is 9.80 Å². The Morgan fingerprint density at radius 3 is 2.65 bits per heavy atom. The van der Waals surface area contributed by atoms with E-state index in [0.717, 1.165) is 49.9 Å². The van der Waals surface area contributed by atoms with Crippen LogP contribution in [0.2, 0.25) is 0 Å². The van der Waals surface area contributed by atoms with Crippen molar-refractivity contribution in [3.63, 3.8) is 0 Å². The van der Waals surface area contributed by atoms with E-state index in [-0.39, 0.29) is 11.3 Å². The number of nitrogens with zero attached hydrogens (tertiary/aromatic N) is 4. The average Bonchev–Trinajstić information content (AvgIpc) is 3.26. The van der Waals surface area contributed by atoms with Crippen LogP contribution in [-0.2, 0) is 10.0 Å². The molecule has 1 aromatic rings. The van der Waals surface area contributed by atoms with Gasteiger partial charge in [-0.25, -0.2) is 13.1 Å². The second-order valence-corrected chi connectivity index (χ2v) is 9.37. The summed E-state index contributed by atoms with van der Waals surface area (Å²) in [5.74, 6) is 1.04. The first-order chi connectivity index (χ1) is 10.9. The molecule has 1 saturated heterocycles. The lowest BCUT2D eigenvalue weighted by molar-refractivity contribution is 0.326. The molecule has 2 fully saturated rings. The van der Waals surface area contributed by atoms with Gasteiger partial charge in [0, 0.05) is 44.8 Å². The van der Waals surface area contributed by atoms with Crippen molar-refractivity contribution in [3.05, 3.63) is 0 Å². The number of aromatic nitrogens is 2. The molecule has 0 amide bonds. The van der Waals surface area contributed by atoms with Gasteiger partial charge in [-0.3, -0.25) is 0 Å². The Labute approximate surface area is 142 Å². The Morgan fingerprint density at radius 2 is 2.09 bits per heavy atom. The van der Waals surface area contributed by atoms with Gasteiger partial charge in [0.25, 0.3) is 0 Å². The Bertz CT molecular complexity index is 641. The number of hydrogen-bond acceptors (Lipinski definition) is 7. The molecule has 1 aromatic heterocycles. The maximum Gasteiger partial charge on any atom is 0.238 e. The summed E-state index contributed by atoms with van der Waals surface area (Å²) < 4.78 is 31.7. The van der Waals surface area contributed by atoms with Crippen LogP contribution in [0, 0.1) is 5.92 Å². The SMILES string of the molecule is CC[C@@H]1CN(c2nc(N(C)C)ns2)CC[C@@H]1NS(=O)(=O)C1CC1. The van der Waals surface area contributed by atoms with Crippen molar-refractivity contribution in [1.82, 2.24) is 14.1 Å². The number of rotatable bonds is 6. The zero-order chi connectivity index (χ0) is 16.6. The van der Waals surface area contributed by atoms with E-state index in [0.29, 0.717) is 5.92 Å². The first kappa shape index (κ1) is 16.9. The van der Waals surface area contributed by atoms with Crippen LogP contribution in [0.3, 0.4) is 0 Å². The molecule has 1 aliphatic carbocycles. The maximum absolute atomic E-state index is 12.2. The van der Waals surface area contributed by atoms with Gasteiger partial charge in [0.1, 0.15) is 0 Å². The highest BCUT2D eigenvalue weighted by atomic mass is 32.2. The standard InChI is InChI=1S/C14H25N5O2S2/c1-4-10-9-19(14-15-13(16-22-14)18(2)3)8-7-12(10)17-23(20,21)11-5-6-11/h10-12,17H,4-9H2,1-3H3/t10-,12+/m1/s1. The second-order valence-electron chi connectivity index (χ2n) is 6.64. The van der Waals surface area contributed by atoms with Crippen LogP contribution < -0.4 is 14.5 Å². The first-order valence-corrected chi connectivity index (χ1v) is 10.5. The van der Waals surface area contributed by atoms with Crippen LogP contribution in [0.25, 0.3) is 0 Å². The molecule has 2 atom stereocenters. The largest absolute Gasteiger partial charge is 0.346 e. The van der Waals surface area contributed by atoms with E-state index < -0.39 is 10.0 Å². The van der Waals surface area contributed by atoms with Gasteiger partial charge in [-0.2, -0.15) is 9.36 Å². The third-order valence-electron chi connectivity index (χ3n) is 4.61. The summed E-state index contributed by atoms with van der Waals surface area (Å²) in [7, 11) is 0.741. The molecule has 0 bridgehead atoms. The van der Waals surface area contributed by atoms with Gasteiger partial charge in [0.15, 0.2) is 0 Å². The van der Waals surface area contributed by atoms with E-state index in [2.05, 4.69) is 25.9 Å². The van der Waals surface area contributed by atoms with Crippen molar-refractivity contribution in [2.45, 2.75) is 43.9 Å². The van der Waals surface area contributed by atoms with Crippen molar-refractivity contribution in [3.8, 4) is 0 Å². The fourth-order valence-corrected chi connectivity index (χ4v) is 5.43. The number of hydrogen-bond donors (Lipinski definition) is 1. The average molecular weight is 360 g/mol.